The van der Waals surface area contributed by atoms with Crippen LogP contribution in [0.15, 0.2) is 24.3 Å². The van der Waals surface area contributed by atoms with Crippen LogP contribution in [0, 0.1) is 13.8 Å². The van der Waals surface area contributed by atoms with Gasteiger partial charge in [-0.1, -0.05) is 18.2 Å². The van der Waals surface area contributed by atoms with Crippen LogP contribution in [0.2, 0.25) is 0 Å². The van der Waals surface area contributed by atoms with E-state index >= 15 is 0 Å². The van der Waals surface area contributed by atoms with Gasteiger partial charge in [0.15, 0.2) is 11.5 Å². The molecule has 4 rings (SSSR count). The van der Waals surface area contributed by atoms with Crippen molar-refractivity contribution in [2.75, 3.05) is 14.2 Å². The summed E-state index contributed by atoms with van der Waals surface area (Å²) in [5, 5.41) is 3.74. The first kappa shape index (κ1) is 15.5. The number of aryl methyl sites for hydroxylation is 3. The molecule has 0 amide bonds. The SMILES string of the molecule is COc1ccc2c(c1OC)CNC1CCc3cc(C)c(C)cc3C21. The number of hydrogen-bond acceptors (Lipinski definition) is 3. The van der Waals surface area contributed by atoms with Gasteiger partial charge in [0.25, 0.3) is 0 Å². The van der Waals surface area contributed by atoms with Crippen LogP contribution in [-0.2, 0) is 13.0 Å². The van der Waals surface area contributed by atoms with Gasteiger partial charge < -0.3 is 14.8 Å². The molecule has 0 radical (unpaired) electrons. The summed E-state index contributed by atoms with van der Waals surface area (Å²) in [6.07, 6.45) is 2.35. The minimum atomic E-state index is 0.400. The predicted octanol–water partition coefficient (Wildman–Crippen LogP) is 3.87. The first-order chi connectivity index (χ1) is 11.6. The van der Waals surface area contributed by atoms with E-state index in [0.29, 0.717) is 12.0 Å². The van der Waals surface area contributed by atoms with Gasteiger partial charge >= 0.3 is 0 Å². The summed E-state index contributed by atoms with van der Waals surface area (Å²) < 4.78 is 11.2. The summed E-state index contributed by atoms with van der Waals surface area (Å²) in [6.45, 7) is 5.27. The molecule has 2 aliphatic rings. The van der Waals surface area contributed by atoms with Crippen LogP contribution in [0.25, 0.3) is 0 Å². The van der Waals surface area contributed by atoms with Crippen molar-refractivity contribution in [3.63, 3.8) is 0 Å². The standard InChI is InChI=1S/C21H25NO2/c1-12-9-14-5-7-18-20(16(14)10-13(12)2)15-6-8-19(23-3)21(24-4)17(15)11-22-18/h6,8-10,18,20,22H,5,7,11H2,1-4H3. The van der Waals surface area contributed by atoms with Crippen molar-refractivity contribution in [2.24, 2.45) is 0 Å². The molecule has 126 valence electrons. The van der Waals surface area contributed by atoms with Crippen molar-refractivity contribution in [1.82, 2.24) is 5.32 Å². The Labute approximate surface area is 144 Å². The summed E-state index contributed by atoms with van der Waals surface area (Å²) in [6, 6.07) is 9.57. The highest BCUT2D eigenvalue weighted by atomic mass is 16.5. The molecular formula is C21H25NO2. The monoisotopic (exact) mass is 323 g/mol. The minimum Gasteiger partial charge on any atom is -0.493 e. The first-order valence-corrected chi connectivity index (χ1v) is 8.71. The average molecular weight is 323 g/mol. The van der Waals surface area contributed by atoms with Gasteiger partial charge in [0.2, 0.25) is 0 Å². The van der Waals surface area contributed by atoms with E-state index in [-0.39, 0.29) is 0 Å². The number of fused-ring (bicyclic) bond motifs is 5. The van der Waals surface area contributed by atoms with E-state index in [1.807, 2.05) is 0 Å². The van der Waals surface area contributed by atoms with E-state index in [2.05, 4.69) is 43.4 Å². The molecule has 2 unspecified atom stereocenters. The molecule has 1 aliphatic carbocycles. The van der Waals surface area contributed by atoms with E-state index in [0.717, 1.165) is 24.5 Å². The van der Waals surface area contributed by atoms with Crippen LogP contribution in [-0.4, -0.2) is 20.3 Å². The Morgan fingerprint density at radius 2 is 1.79 bits per heavy atom. The Balaban J connectivity index is 1.91. The lowest BCUT2D eigenvalue weighted by Gasteiger charge is -2.40. The highest BCUT2D eigenvalue weighted by Gasteiger charge is 2.36. The van der Waals surface area contributed by atoms with Crippen LogP contribution in [0.5, 0.6) is 11.5 Å². The van der Waals surface area contributed by atoms with Crippen LogP contribution in [0.1, 0.15) is 45.7 Å². The number of rotatable bonds is 2. The largest absolute Gasteiger partial charge is 0.493 e. The maximum Gasteiger partial charge on any atom is 0.165 e. The third-order valence-electron chi connectivity index (χ3n) is 5.78. The predicted molar refractivity (Wildman–Crippen MR) is 96.3 cm³/mol. The molecule has 0 aromatic heterocycles. The Hall–Kier alpha value is -2.00. The van der Waals surface area contributed by atoms with Gasteiger partial charge in [0.1, 0.15) is 0 Å². The second-order valence-electron chi connectivity index (χ2n) is 7.01. The smallest absolute Gasteiger partial charge is 0.165 e. The number of nitrogens with one attached hydrogen (secondary N) is 1. The number of benzene rings is 2. The van der Waals surface area contributed by atoms with Crippen molar-refractivity contribution >= 4 is 0 Å². The molecule has 1 N–H and O–H groups in total. The number of ether oxygens (including phenoxy) is 2. The molecule has 0 saturated carbocycles. The van der Waals surface area contributed by atoms with E-state index in [1.54, 1.807) is 14.2 Å². The van der Waals surface area contributed by atoms with Gasteiger partial charge in [-0.05, 0) is 60.6 Å². The second kappa shape index (κ2) is 5.82. The van der Waals surface area contributed by atoms with Crippen molar-refractivity contribution in [2.45, 2.75) is 45.2 Å². The van der Waals surface area contributed by atoms with Crippen LogP contribution < -0.4 is 14.8 Å². The van der Waals surface area contributed by atoms with Gasteiger partial charge in [0, 0.05) is 24.1 Å². The van der Waals surface area contributed by atoms with E-state index < -0.39 is 0 Å². The van der Waals surface area contributed by atoms with Crippen molar-refractivity contribution in [3.8, 4) is 11.5 Å². The van der Waals surface area contributed by atoms with Gasteiger partial charge in [-0.3, -0.25) is 0 Å². The highest BCUT2D eigenvalue weighted by molar-refractivity contribution is 5.57. The highest BCUT2D eigenvalue weighted by Crippen LogP contribution is 2.46. The molecule has 0 bridgehead atoms. The van der Waals surface area contributed by atoms with Gasteiger partial charge in [0.05, 0.1) is 14.2 Å². The molecule has 0 fully saturated rings. The fraction of sp³-hybridized carbons (Fsp3) is 0.429. The Bertz CT molecular complexity index is 797. The molecule has 24 heavy (non-hydrogen) atoms. The molecule has 1 aliphatic heterocycles. The number of hydrogen-bond donors (Lipinski definition) is 1. The topological polar surface area (TPSA) is 30.5 Å². The minimum absolute atomic E-state index is 0.400. The number of methoxy groups -OCH3 is 2. The maximum absolute atomic E-state index is 5.68. The summed E-state index contributed by atoms with van der Waals surface area (Å²) in [5.74, 6) is 2.08. The third kappa shape index (κ3) is 2.22. The Morgan fingerprint density at radius 1 is 1.00 bits per heavy atom. The van der Waals surface area contributed by atoms with Crippen LogP contribution >= 0.6 is 0 Å². The van der Waals surface area contributed by atoms with E-state index in [4.69, 9.17) is 9.47 Å². The molecule has 2 atom stereocenters. The summed E-state index contributed by atoms with van der Waals surface area (Å²) in [5.41, 5.74) is 8.38. The zero-order chi connectivity index (χ0) is 16.8. The molecule has 0 spiro atoms. The second-order valence-corrected chi connectivity index (χ2v) is 7.01. The quantitative estimate of drug-likeness (QED) is 0.910. The van der Waals surface area contributed by atoms with Crippen LogP contribution in [0.4, 0.5) is 0 Å². The Kier molecular flexibility index (Phi) is 3.76. The molecular weight excluding hydrogens is 298 g/mol. The lowest BCUT2D eigenvalue weighted by atomic mass is 9.71. The molecule has 1 heterocycles. The fourth-order valence-corrected chi connectivity index (χ4v) is 4.42. The lowest BCUT2D eigenvalue weighted by molar-refractivity contribution is 0.337. The van der Waals surface area contributed by atoms with Crippen molar-refractivity contribution in [3.05, 3.63) is 57.6 Å². The van der Waals surface area contributed by atoms with Gasteiger partial charge in [-0.25, -0.2) is 0 Å². The van der Waals surface area contributed by atoms with Gasteiger partial charge in [-0.15, -0.1) is 0 Å². The summed E-state index contributed by atoms with van der Waals surface area (Å²) >= 11 is 0. The van der Waals surface area contributed by atoms with E-state index in [1.165, 1.54) is 39.8 Å². The van der Waals surface area contributed by atoms with Gasteiger partial charge in [-0.2, -0.15) is 0 Å². The Morgan fingerprint density at radius 3 is 2.54 bits per heavy atom. The molecule has 3 nitrogen and oxygen atoms in total. The normalized spacial score (nSPS) is 21.5. The summed E-state index contributed by atoms with van der Waals surface area (Å²) in [4.78, 5) is 0. The van der Waals surface area contributed by atoms with E-state index in [9.17, 15) is 0 Å². The molecule has 0 saturated heterocycles. The summed E-state index contributed by atoms with van der Waals surface area (Å²) in [7, 11) is 3.43. The molecule has 2 aromatic carbocycles. The van der Waals surface area contributed by atoms with Crippen molar-refractivity contribution in [1.29, 1.82) is 0 Å². The molecule has 3 heteroatoms. The first-order valence-electron chi connectivity index (χ1n) is 8.71. The van der Waals surface area contributed by atoms with Crippen LogP contribution in [0.3, 0.4) is 0 Å². The fourth-order valence-electron chi connectivity index (χ4n) is 4.42. The zero-order valence-electron chi connectivity index (χ0n) is 14.9. The zero-order valence-corrected chi connectivity index (χ0v) is 14.9. The van der Waals surface area contributed by atoms with Crippen molar-refractivity contribution < 1.29 is 9.47 Å². The third-order valence-corrected chi connectivity index (χ3v) is 5.78. The lowest BCUT2D eigenvalue weighted by Crippen LogP contribution is -2.42. The maximum atomic E-state index is 5.68. The molecule has 2 aromatic rings. The average Bonchev–Trinajstić information content (AvgIpc) is 2.61.